The summed E-state index contributed by atoms with van der Waals surface area (Å²) in [7, 11) is 0. The van der Waals surface area contributed by atoms with Crippen molar-refractivity contribution in [1.82, 2.24) is 9.99 Å². The molecule has 0 atom stereocenters. The van der Waals surface area contributed by atoms with Crippen molar-refractivity contribution in [1.29, 1.82) is 0 Å². The van der Waals surface area contributed by atoms with Crippen LogP contribution < -0.4 is 11.0 Å². The average Bonchev–Trinajstić information content (AvgIpc) is 2.70. The smallest absolute Gasteiger partial charge is 0.276 e. The summed E-state index contributed by atoms with van der Waals surface area (Å²) in [4.78, 5) is 25.1. The number of amides is 1. The van der Waals surface area contributed by atoms with Gasteiger partial charge in [-0.15, -0.1) is 0 Å². The zero-order valence-corrected chi connectivity index (χ0v) is 17.6. The second kappa shape index (κ2) is 9.27. The second-order valence-corrected chi connectivity index (χ2v) is 7.49. The van der Waals surface area contributed by atoms with Crippen LogP contribution in [0.1, 0.15) is 27.0 Å². The minimum Gasteiger partial charge on any atom is -0.310 e. The Balaban J connectivity index is 1.77. The lowest BCUT2D eigenvalue weighted by atomic mass is 10.1. The molecule has 0 unspecified atom stereocenters. The van der Waals surface area contributed by atoms with Crippen LogP contribution in [0.4, 0.5) is 0 Å². The lowest BCUT2D eigenvalue weighted by Gasteiger charge is -2.08. The van der Waals surface area contributed by atoms with Crippen molar-refractivity contribution < 1.29 is 4.79 Å². The molecule has 1 heterocycles. The number of nitrogens with zero attached hydrogens (tertiary/aromatic N) is 2. The zero-order chi connectivity index (χ0) is 21.0. The molecule has 1 N–H and O–H groups in total. The number of hydrogen-bond donors (Lipinski definition) is 1. The summed E-state index contributed by atoms with van der Waals surface area (Å²) in [5.74, 6) is -0.640. The maximum atomic E-state index is 12.7. The predicted octanol–water partition coefficient (Wildman–Crippen LogP) is 4.93. The number of carbonyl (C=O) groups excluding carboxylic acids is 1. The van der Waals surface area contributed by atoms with Crippen LogP contribution in [0.15, 0.2) is 64.6 Å². The van der Waals surface area contributed by atoms with Crippen molar-refractivity contribution >= 4 is 46.9 Å². The molecule has 2 aromatic carbocycles. The first-order valence-electron chi connectivity index (χ1n) is 8.58. The summed E-state index contributed by atoms with van der Waals surface area (Å²) in [6, 6.07) is 14.0. The minimum atomic E-state index is -0.640. The molecule has 0 aliphatic rings. The molecule has 0 aliphatic carbocycles. The van der Waals surface area contributed by atoms with Gasteiger partial charge in [0, 0.05) is 11.8 Å². The van der Waals surface area contributed by atoms with Crippen molar-refractivity contribution in [2.45, 2.75) is 13.5 Å². The van der Waals surface area contributed by atoms with E-state index < -0.39 is 11.5 Å². The molecule has 0 fully saturated rings. The fourth-order valence-electron chi connectivity index (χ4n) is 2.60. The Bertz CT molecular complexity index is 1140. The summed E-state index contributed by atoms with van der Waals surface area (Å²) >= 11 is 18.1. The van der Waals surface area contributed by atoms with Crippen LogP contribution in [0.2, 0.25) is 15.1 Å². The van der Waals surface area contributed by atoms with Gasteiger partial charge >= 0.3 is 0 Å². The van der Waals surface area contributed by atoms with Crippen LogP contribution in [-0.2, 0) is 6.54 Å². The number of rotatable bonds is 5. The molecule has 1 amide bonds. The number of pyridine rings is 1. The highest BCUT2D eigenvalue weighted by Gasteiger charge is 2.12. The molecule has 8 heteroatoms. The van der Waals surface area contributed by atoms with Crippen molar-refractivity contribution in [3.63, 3.8) is 0 Å². The Morgan fingerprint density at radius 3 is 2.48 bits per heavy atom. The number of benzene rings is 2. The minimum absolute atomic E-state index is 0.0277. The molecule has 0 aliphatic heterocycles. The van der Waals surface area contributed by atoms with Gasteiger partial charge in [-0.1, -0.05) is 64.6 Å². The molecule has 148 valence electrons. The monoisotopic (exact) mass is 447 g/mol. The number of aryl methyl sites for hydroxylation is 1. The standard InChI is InChI=1S/C21H16Cl3N3O2/c1-13-4-6-14(7-5-13)12-27-10-2-3-15(21(27)29)20(28)26-25-11-16-17(22)8-9-18(23)19(16)24/h2-11H,12H2,1H3,(H,26,28)/b25-11-. The van der Waals surface area contributed by atoms with Crippen LogP contribution in [0.5, 0.6) is 0 Å². The van der Waals surface area contributed by atoms with Gasteiger partial charge in [0.1, 0.15) is 5.56 Å². The largest absolute Gasteiger partial charge is 0.310 e. The average molecular weight is 449 g/mol. The highest BCUT2D eigenvalue weighted by Crippen LogP contribution is 2.29. The molecule has 5 nitrogen and oxygen atoms in total. The molecule has 0 spiro atoms. The quantitative estimate of drug-likeness (QED) is 0.342. The van der Waals surface area contributed by atoms with Gasteiger partial charge in [0.05, 0.1) is 27.8 Å². The van der Waals surface area contributed by atoms with Crippen LogP contribution in [-0.4, -0.2) is 16.7 Å². The number of aromatic nitrogens is 1. The number of hydrogen-bond acceptors (Lipinski definition) is 3. The topological polar surface area (TPSA) is 63.5 Å². The van der Waals surface area contributed by atoms with Crippen LogP contribution in [0, 0.1) is 6.92 Å². The van der Waals surface area contributed by atoms with E-state index in [1.54, 1.807) is 24.4 Å². The van der Waals surface area contributed by atoms with E-state index in [1.165, 1.54) is 16.8 Å². The SMILES string of the molecule is Cc1ccc(Cn2cccc(C(=O)N/N=C\c3c(Cl)ccc(Cl)c3Cl)c2=O)cc1. The third kappa shape index (κ3) is 5.07. The fraction of sp³-hybridized carbons (Fsp3) is 0.0952. The van der Waals surface area contributed by atoms with Gasteiger partial charge in [-0.2, -0.15) is 5.10 Å². The Morgan fingerprint density at radius 2 is 1.76 bits per heavy atom. The Labute approximate surface area is 182 Å². The molecule has 0 bridgehead atoms. The first-order chi connectivity index (χ1) is 13.9. The number of halogens is 3. The van der Waals surface area contributed by atoms with E-state index in [-0.39, 0.29) is 10.6 Å². The predicted molar refractivity (Wildman–Crippen MR) is 118 cm³/mol. The molecule has 0 saturated carbocycles. The number of hydrazone groups is 1. The third-order valence-electron chi connectivity index (χ3n) is 4.18. The number of nitrogens with one attached hydrogen (secondary N) is 1. The van der Waals surface area contributed by atoms with Crippen LogP contribution in [0.3, 0.4) is 0 Å². The van der Waals surface area contributed by atoms with Crippen molar-refractivity contribution in [3.05, 3.63) is 102 Å². The molecular formula is C21H16Cl3N3O2. The van der Waals surface area contributed by atoms with Gasteiger partial charge in [0.15, 0.2) is 0 Å². The highest BCUT2D eigenvalue weighted by atomic mass is 35.5. The Morgan fingerprint density at radius 1 is 1.07 bits per heavy atom. The van der Waals surface area contributed by atoms with Crippen molar-refractivity contribution in [2.24, 2.45) is 5.10 Å². The van der Waals surface area contributed by atoms with E-state index in [0.717, 1.165) is 11.1 Å². The van der Waals surface area contributed by atoms with Crippen LogP contribution in [0.25, 0.3) is 0 Å². The van der Waals surface area contributed by atoms with Gasteiger partial charge in [0.2, 0.25) is 0 Å². The summed E-state index contributed by atoms with van der Waals surface area (Å²) < 4.78 is 1.47. The first kappa shape index (κ1) is 21.1. The highest BCUT2D eigenvalue weighted by molar-refractivity contribution is 6.45. The molecular weight excluding hydrogens is 433 g/mol. The lowest BCUT2D eigenvalue weighted by molar-refractivity contribution is 0.0953. The van der Waals surface area contributed by atoms with E-state index in [4.69, 9.17) is 34.8 Å². The van der Waals surface area contributed by atoms with Crippen LogP contribution >= 0.6 is 34.8 Å². The lowest BCUT2D eigenvalue weighted by Crippen LogP contribution is -2.30. The van der Waals surface area contributed by atoms with Crippen molar-refractivity contribution in [3.8, 4) is 0 Å². The maximum Gasteiger partial charge on any atom is 0.276 e. The van der Waals surface area contributed by atoms with Crippen molar-refractivity contribution in [2.75, 3.05) is 0 Å². The first-order valence-corrected chi connectivity index (χ1v) is 9.72. The van der Waals surface area contributed by atoms with Gasteiger partial charge in [0.25, 0.3) is 11.5 Å². The second-order valence-electron chi connectivity index (χ2n) is 6.30. The van der Waals surface area contributed by atoms with E-state index in [0.29, 0.717) is 22.2 Å². The fourth-order valence-corrected chi connectivity index (χ4v) is 3.23. The molecule has 3 aromatic rings. The summed E-state index contributed by atoms with van der Waals surface area (Å²) in [6.07, 6.45) is 2.91. The molecule has 3 rings (SSSR count). The van der Waals surface area contributed by atoms with Gasteiger partial charge in [-0.3, -0.25) is 9.59 Å². The summed E-state index contributed by atoms with van der Waals surface area (Å²) in [6.45, 7) is 2.35. The molecule has 29 heavy (non-hydrogen) atoms. The van der Waals surface area contributed by atoms with Gasteiger partial charge in [-0.05, 0) is 36.8 Å². The van der Waals surface area contributed by atoms with E-state index in [9.17, 15) is 9.59 Å². The van der Waals surface area contributed by atoms with E-state index >= 15 is 0 Å². The maximum absolute atomic E-state index is 12.7. The Kier molecular flexibility index (Phi) is 6.75. The molecule has 1 aromatic heterocycles. The van der Waals surface area contributed by atoms with Gasteiger partial charge < -0.3 is 4.57 Å². The van der Waals surface area contributed by atoms with Gasteiger partial charge in [-0.25, -0.2) is 5.43 Å². The molecule has 0 saturated heterocycles. The molecule has 0 radical (unpaired) electrons. The van der Waals surface area contributed by atoms with E-state index in [2.05, 4.69) is 10.5 Å². The normalized spacial score (nSPS) is 11.0. The Hall–Kier alpha value is -2.60. The summed E-state index contributed by atoms with van der Waals surface area (Å²) in [5, 5.41) is 4.71. The zero-order valence-electron chi connectivity index (χ0n) is 15.3. The summed E-state index contributed by atoms with van der Waals surface area (Å²) in [5.41, 5.74) is 4.33. The number of carbonyl (C=O) groups is 1. The third-order valence-corrected chi connectivity index (χ3v) is 5.33. The van der Waals surface area contributed by atoms with E-state index in [1.807, 2.05) is 31.2 Å².